The van der Waals surface area contributed by atoms with Gasteiger partial charge in [0.15, 0.2) is 0 Å². The molecule has 0 saturated heterocycles. The summed E-state index contributed by atoms with van der Waals surface area (Å²) in [7, 11) is 0. The highest BCUT2D eigenvalue weighted by molar-refractivity contribution is 5.88. The minimum absolute atomic E-state index is 0.0856. The molecule has 4 fully saturated rings. The van der Waals surface area contributed by atoms with Crippen LogP contribution in [-0.2, 0) is 16.2 Å². The summed E-state index contributed by atoms with van der Waals surface area (Å²) in [4.78, 5) is 2.63. The van der Waals surface area contributed by atoms with Gasteiger partial charge in [0.1, 0.15) is 0 Å². The van der Waals surface area contributed by atoms with E-state index in [1.165, 1.54) is 89.0 Å². The van der Waals surface area contributed by atoms with Crippen molar-refractivity contribution in [2.24, 2.45) is 29.1 Å². The first-order valence-electron chi connectivity index (χ1n) is 19.1. The summed E-state index contributed by atoms with van der Waals surface area (Å²) >= 11 is 0. The quantitative estimate of drug-likeness (QED) is 0.189. The number of benzene rings is 5. The second-order valence-electron chi connectivity index (χ2n) is 18.1. The fourth-order valence-electron chi connectivity index (χ4n) is 13.2. The van der Waals surface area contributed by atoms with E-state index in [0.29, 0.717) is 5.41 Å². The summed E-state index contributed by atoms with van der Waals surface area (Å²) in [6.07, 6.45) is 8.30. The van der Waals surface area contributed by atoms with Gasteiger partial charge in [-0.25, -0.2) is 0 Å². The summed E-state index contributed by atoms with van der Waals surface area (Å²) in [6, 6.07) is 44.5. The normalized spacial score (nSPS) is 31.3. The second-order valence-corrected chi connectivity index (χ2v) is 18.1. The van der Waals surface area contributed by atoms with Crippen LogP contribution in [0.5, 0.6) is 0 Å². The van der Waals surface area contributed by atoms with E-state index in [0.717, 1.165) is 23.7 Å². The zero-order chi connectivity index (χ0) is 32.9. The lowest BCUT2D eigenvalue weighted by atomic mass is 9.27. The standard InChI is InChI=1S/C48H47N/c1-45(2)23-24-46(3,4)44-39(45)15-10-16-41(44)49(34-19-17-32(18-20-34)31-11-6-5-7-12-31)35-21-22-37-36-13-8-9-14-38(36)48(40(37)28-35)42-26-30-25-33-27-43(48)47(33,42)29-30/h5-22,28,30,33,42-43H,23-27,29H2,1-4H3. The molecule has 0 heterocycles. The third kappa shape index (κ3) is 3.43. The zero-order valence-corrected chi connectivity index (χ0v) is 29.5. The summed E-state index contributed by atoms with van der Waals surface area (Å²) in [5.41, 5.74) is 16.8. The van der Waals surface area contributed by atoms with E-state index in [-0.39, 0.29) is 16.2 Å². The Morgan fingerprint density at radius 2 is 1.22 bits per heavy atom. The van der Waals surface area contributed by atoms with Gasteiger partial charge in [-0.15, -0.1) is 0 Å². The van der Waals surface area contributed by atoms with Crippen LogP contribution >= 0.6 is 0 Å². The van der Waals surface area contributed by atoms with Crippen molar-refractivity contribution in [3.8, 4) is 22.3 Å². The van der Waals surface area contributed by atoms with Crippen LogP contribution in [0.4, 0.5) is 17.1 Å². The molecule has 6 aliphatic rings. The van der Waals surface area contributed by atoms with Gasteiger partial charge in [0.25, 0.3) is 0 Å². The lowest BCUT2D eigenvalue weighted by Gasteiger charge is -2.76. The third-order valence-electron chi connectivity index (χ3n) is 15.2. The molecule has 2 bridgehead atoms. The van der Waals surface area contributed by atoms with Crippen molar-refractivity contribution in [1.29, 1.82) is 0 Å². The molecule has 11 rings (SSSR count). The lowest BCUT2D eigenvalue weighted by molar-refractivity contribution is -0.231. The van der Waals surface area contributed by atoms with Gasteiger partial charge in [-0.2, -0.15) is 0 Å². The van der Waals surface area contributed by atoms with E-state index in [1.807, 2.05) is 0 Å². The summed E-state index contributed by atoms with van der Waals surface area (Å²) in [6.45, 7) is 9.86. The summed E-state index contributed by atoms with van der Waals surface area (Å²) in [5.74, 6) is 3.57. The number of anilines is 3. The molecular formula is C48H47N. The number of hydrogen-bond acceptors (Lipinski definition) is 1. The Morgan fingerprint density at radius 3 is 2.04 bits per heavy atom. The minimum atomic E-state index is 0.0856. The number of rotatable bonds is 4. The zero-order valence-electron chi connectivity index (χ0n) is 29.5. The van der Waals surface area contributed by atoms with E-state index in [4.69, 9.17) is 0 Å². The predicted molar refractivity (Wildman–Crippen MR) is 203 cm³/mol. The maximum absolute atomic E-state index is 2.67. The number of hydrogen-bond donors (Lipinski definition) is 0. The molecule has 0 aliphatic heterocycles. The monoisotopic (exact) mass is 637 g/mol. The molecule has 244 valence electrons. The fraction of sp³-hybridized carbons (Fsp3) is 0.375. The van der Waals surface area contributed by atoms with E-state index in [1.54, 1.807) is 11.1 Å². The molecule has 2 spiro atoms. The maximum Gasteiger partial charge on any atom is 0.0502 e. The van der Waals surface area contributed by atoms with Crippen molar-refractivity contribution in [1.82, 2.24) is 0 Å². The first-order chi connectivity index (χ1) is 23.7. The molecule has 1 nitrogen and oxygen atoms in total. The topological polar surface area (TPSA) is 3.24 Å². The van der Waals surface area contributed by atoms with Crippen LogP contribution in [0, 0.1) is 29.1 Å². The van der Waals surface area contributed by atoms with Gasteiger partial charge < -0.3 is 4.90 Å². The molecule has 0 radical (unpaired) electrons. The van der Waals surface area contributed by atoms with Gasteiger partial charge in [0, 0.05) is 16.8 Å². The Morgan fingerprint density at radius 1 is 0.551 bits per heavy atom. The first kappa shape index (κ1) is 28.7. The third-order valence-corrected chi connectivity index (χ3v) is 15.2. The average molecular weight is 638 g/mol. The minimum Gasteiger partial charge on any atom is -0.310 e. The van der Waals surface area contributed by atoms with Crippen LogP contribution in [0.15, 0.2) is 115 Å². The van der Waals surface area contributed by atoms with Gasteiger partial charge in [-0.1, -0.05) is 113 Å². The molecule has 1 heteroatoms. The summed E-state index contributed by atoms with van der Waals surface area (Å²) in [5, 5.41) is 0. The van der Waals surface area contributed by atoms with Gasteiger partial charge in [0.2, 0.25) is 0 Å². The van der Waals surface area contributed by atoms with Gasteiger partial charge in [0.05, 0.1) is 5.69 Å². The lowest BCUT2D eigenvalue weighted by Crippen LogP contribution is -2.73. The van der Waals surface area contributed by atoms with Crippen molar-refractivity contribution in [2.45, 2.75) is 82.5 Å². The maximum atomic E-state index is 2.67. The highest BCUT2D eigenvalue weighted by Crippen LogP contribution is 2.89. The van der Waals surface area contributed by atoms with E-state index >= 15 is 0 Å². The van der Waals surface area contributed by atoms with Crippen molar-refractivity contribution >= 4 is 17.1 Å². The van der Waals surface area contributed by atoms with Crippen LogP contribution in [0.1, 0.15) is 88.5 Å². The highest BCUT2D eigenvalue weighted by atomic mass is 15.1. The first-order valence-corrected chi connectivity index (χ1v) is 19.1. The Hall–Kier alpha value is -4.10. The van der Waals surface area contributed by atoms with Crippen LogP contribution in [0.3, 0.4) is 0 Å². The van der Waals surface area contributed by atoms with Crippen LogP contribution < -0.4 is 4.90 Å². The molecule has 49 heavy (non-hydrogen) atoms. The molecule has 6 aliphatic carbocycles. The van der Waals surface area contributed by atoms with Crippen LogP contribution in [0.2, 0.25) is 0 Å². The van der Waals surface area contributed by atoms with Crippen LogP contribution in [-0.4, -0.2) is 0 Å². The Bertz CT molecular complexity index is 2170. The average Bonchev–Trinajstić information content (AvgIpc) is 3.75. The number of nitrogens with zero attached hydrogens (tertiary/aromatic N) is 1. The van der Waals surface area contributed by atoms with Gasteiger partial charge in [-0.05, 0) is 153 Å². The molecule has 5 aromatic rings. The molecule has 5 aromatic carbocycles. The second kappa shape index (κ2) is 9.36. The Kier molecular flexibility index (Phi) is 5.49. The molecule has 0 amide bonds. The Labute approximate surface area is 292 Å². The van der Waals surface area contributed by atoms with E-state index in [2.05, 4.69) is 148 Å². The molecule has 0 aromatic heterocycles. The highest BCUT2D eigenvalue weighted by Gasteiger charge is 2.84. The molecule has 6 unspecified atom stereocenters. The SMILES string of the molecule is CC1(C)CCC(C)(C)c2c(N(c3ccc(-c4ccccc4)cc3)c3ccc4c(c3)C3(c5ccccc5-4)C4CC5CC6CC3C64C5)cccc21. The molecule has 6 atom stereocenters. The van der Waals surface area contributed by atoms with Gasteiger partial charge >= 0.3 is 0 Å². The number of fused-ring (bicyclic) bond motifs is 9. The van der Waals surface area contributed by atoms with Crippen molar-refractivity contribution in [3.63, 3.8) is 0 Å². The van der Waals surface area contributed by atoms with E-state index in [9.17, 15) is 0 Å². The fourth-order valence-corrected chi connectivity index (χ4v) is 13.2. The smallest absolute Gasteiger partial charge is 0.0502 e. The van der Waals surface area contributed by atoms with Crippen molar-refractivity contribution in [2.75, 3.05) is 4.90 Å². The molecule has 0 N–H and O–H groups in total. The van der Waals surface area contributed by atoms with Gasteiger partial charge in [-0.3, -0.25) is 0 Å². The van der Waals surface area contributed by atoms with Crippen LogP contribution in [0.25, 0.3) is 22.3 Å². The Balaban J connectivity index is 1.13. The largest absolute Gasteiger partial charge is 0.310 e. The summed E-state index contributed by atoms with van der Waals surface area (Å²) < 4.78 is 0. The van der Waals surface area contributed by atoms with Crippen molar-refractivity contribution < 1.29 is 0 Å². The van der Waals surface area contributed by atoms with Crippen molar-refractivity contribution in [3.05, 3.63) is 138 Å². The van der Waals surface area contributed by atoms with E-state index < -0.39 is 0 Å². The predicted octanol–water partition coefficient (Wildman–Crippen LogP) is 12.5. The molecule has 4 saturated carbocycles. The molecular weight excluding hydrogens is 591 g/mol.